The number of H-pyrrole nitrogens is 1. The maximum Gasteiger partial charge on any atom is 0.457 e. The van der Waals surface area contributed by atoms with Crippen LogP contribution >= 0.6 is 19.4 Å². The number of primary amides is 3. The Hall–Kier alpha value is -12.0. The Balaban J connectivity index is 1.41. The van der Waals surface area contributed by atoms with Crippen molar-refractivity contribution >= 4 is 125 Å². The minimum atomic E-state index is -4.62. The summed E-state index contributed by atoms with van der Waals surface area (Å²) in [6.07, 6.45) is 0.563. The fourth-order valence-corrected chi connectivity index (χ4v) is 14.7. The standard InChI is InChI=1S/C80H114N19O19PS/c1-8-45(5)67(99-79(115)68(46(6)9-2)98-74(110)56(32-35-62(84)101)90-70(106)53(82)25-18-19-38-81)78(114)95-60(41-63(85)102)76(112)93-58(37-39-120-7)72(108)94-59(40-49-42-88-54-26-17-16-24-52(49)54)75(111)92-55(31-34-61(83)100)71(107)91-57(33-36-65(104)105)73(109)97-66(44(3)4)77(113)89-43-64(103)96-80(48-29-27-47(28-30-48)69(86)87)119(116,117-50-20-12-10-13-21-50)118-51-22-14-11-15-23-51/h10-17,20-24,26-30,42,44-46,53,55-60,66-68,80,88H,8-9,18-19,25,31-41,43,81-82H2,1-7H3,(H2,83,100)(H2,84,101)(H2,85,102)(H3,86,87)(H,89,113)(H,90,106)(H,91,107)(H,92,111)(H,93,112)(H,94,108)(H,95,114)(H,96,103)(H,97,109)(H,98,110)(H,99,115)(H,104,105)/t45-,46-,53-,55-,56-,57-,58-,59-,60-,66-,67-,68-,80?/m0/s1. The Morgan fingerprint density at radius 2 is 0.942 bits per heavy atom. The van der Waals surface area contributed by atoms with E-state index in [1.807, 2.05) is 0 Å². The van der Waals surface area contributed by atoms with Gasteiger partial charge in [-0.3, -0.25) is 77.3 Å². The highest BCUT2D eigenvalue weighted by Crippen LogP contribution is 2.59. The first-order chi connectivity index (χ1) is 56.9. The number of para-hydroxylation sites is 3. The molecule has 14 amide bonds. The van der Waals surface area contributed by atoms with Crippen LogP contribution in [0.4, 0.5) is 0 Å². The fourth-order valence-electron chi connectivity index (χ4n) is 12.3. The number of benzene rings is 4. The maximum atomic E-state index is 15.3. The largest absolute Gasteiger partial charge is 0.481 e. The molecule has 0 aliphatic carbocycles. The molecule has 1 heterocycles. The molecule has 4 aromatic carbocycles. The second-order valence-electron chi connectivity index (χ2n) is 29.3. The van der Waals surface area contributed by atoms with Crippen molar-refractivity contribution in [3.63, 3.8) is 0 Å². The fraction of sp³-hybridized carbons (Fsp3) is 0.475. The van der Waals surface area contributed by atoms with Crippen LogP contribution in [0, 0.1) is 23.2 Å². The molecule has 5 aromatic rings. The zero-order valence-electron chi connectivity index (χ0n) is 68.2. The first kappa shape index (κ1) is 98.6. The molecule has 0 bridgehead atoms. The molecule has 26 N–H and O–H groups in total. The van der Waals surface area contributed by atoms with Crippen LogP contribution in [0.5, 0.6) is 11.5 Å². The minimum Gasteiger partial charge on any atom is -0.481 e. The first-order valence-electron chi connectivity index (χ1n) is 39.3. The molecule has 120 heavy (non-hydrogen) atoms. The third kappa shape index (κ3) is 32.1. The minimum absolute atomic E-state index is 0.0917. The van der Waals surface area contributed by atoms with Crippen molar-refractivity contribution in [1.82, 2.24) is 63.5 Å². The number of aromatic nitrogens is 1. The number of amides is 14. The number of unbranched alkanes of at least 4 members (excludes halogenated alkanes) is 1. The highest BCUT2D eigenvalue weighted by atomic mass is 32.2. The predicted octanol–water partition coefficient (Wildman–Crippen LogP) is 0.869. The van der Waals surface area contributed by atoms with Crippen molar-refractivity contribution in [3.05, 3.63) is 132 Å². The van der Waals surface area contributed by atoms with Gasteiger partial charge in [-0.15, -0.1) is 0 Å². The number of rotatable bonds is 54. The number of carboxylic acid groups (broad SMARTS) is 1. The van der Waals surface area contributed by atoms with Gasteiger partial charge in [0.05, 0.1) is 19.0 Å². The van der Waals surface area contributed by atoms with E-state index in [1.54, 1.807) is 101 Å². The Labute approximate surface area is 699 Å². The van der Waals surface area contributed by atoms with Crippen LogP contribution in [-0.4, -0.2) is 190 Å². The number of amidine groups is 1. The van der Waals surface area contributed by atoms with Crippen molar-refractivity contribution in [2.45, 2.75) is 198 Å². The van der Waals surface area contributed by atoms with E-state index in [0.29, 0.717) is 42.3 Å². The molecule has 0 saturated heterocycles. The Morgan fingerprint density at radius 3 is 1.43 bits per heavy atom. The van der Waals surface area contributed by atoms with Gasteiger partial charge in [-0.2, -0.15) is 11.8 Å². The molecule has 1 aromatic heterocycles. The summed E-state index contributed by atoms with van der Waals surface area (Å²) in [5.74, 6) is -18.9. The van der Waals surface area contributed by atoms with E-state index in [-0.39, 0.29) is 72.7 Å². The second kappa shape index (κ2) is 49.4. The lowest BCUT2D eigenvalue weighted by molar-refractivity contribution is -0.139. The van der Waals surface area contributed by atoms with E-state index in [9.17, 15) is 72.2 Å². The molecule has 38 nitrogen and oxygen atoms in total. The Kier molecular flexibility index (Phi) is 40.6. The molecule has 40 heteroatoms. The number of fused-ring (bicyclic) bond motifs is 1. The number of hydrogen-bond donors (Lipinski definition) is 20. The monoisotopic (exact) mass is 1710 g/mol. The smallest absolute Gasteiger partial charge is 0.457 e. The highest BCUT2D eigenvalue weighted by Gasteiger charge is 2.44. The summed E-state index contributed by atoms with van der Waals surface area (Å²) >= 11 is 1.24. The first-order valence-corrected chi connectivity index (χ1v) is 42.3. The molecule has 654 valence electrons. The SMILES string of the molecule is CC[C@H](C)[C@H](NC(=O)[C@H](CCC(N)=O)NC(=O)[C@@H](N)CCCCN)C(=O)N[C@H](C(=O)N[C@@H](CC(N)=O)C(=O)N[C@@H](CCSC)C(=O)N[C@@H](Cc1c[nH]c2ccccc12)C(=O)N[C@@H](CCC(N)=O)C(=O)N[C@@H](CCC(=O)O)C(=O)N[C@H](C(=O)NCC(=O)NC(c1ccc(C(=N)N)cc1)P(=O)(Oc1ccccc1)Oc1ccccc1)C(C)C)[C@@H](C)CC. The van der Waals surface area contributed by atoms with Gasteiger partial charge in [-0.1, -0.05) is 140 Å². The second-order valence-corrected chi connectivity index (χ2v) is 32.2. The Morgan fingerprint density at radius 1 is 0.500 bits per heavy atom. The van der Waals surface area contributed by atoms with Gasteiger partial charge in [-0.05, 0) is 116 Å². The number of nitrogens with one attached hydrogen (secondary N) is 13. The van der Waals surface area contributed by atoms with Crippen molar-refractivity contribution in [3.8, 4) is 11.5 Å². The van der Waals surface area contributed by atoms with Gasteiger partial charge in [0.1, 0.15) is 71.7 Å². The number of hydrogen-bond acceptors (Lipinski definition) is 22. The number of thioether (sulfide) groups is 1. The summed E-state index contributed by atoms with van der Waals surface area (Å²) in [4.78, 5) is 211. The van der Waals surface area contributed by atoms with Crippen LogP contribution < -0.4 is 102 Å². The molecule has 0 aliphatic heterocycles. The van der Waals surface area contributed by atoms with Gasteiger partial charge < -0.3 is 112 Å². The molecule has 0 saturated carbocycles. The zero-order valence-corrected chi connectivity index (χ0v) is 69.9. The van der Waals surface area contributed by atoms with E-state index in [1.165, 1.54) is 74.1 Å². The lowest BCUT2D eigenvalue weighted by Gasteiger charge is -2.31. The van der Waals surface area contributed by atoms with E-state index in [4.69, 9.17) is 48.9 Å². The van der Waals surface area contributed by atoms with Crippen LogP contribution in [0.3, 0.4) is 0 Å². The molecule has 0 aliphatic rings. The van der Waals surface area contributed by atoms with Crippen LogP contribution in [0.1, 0.15) is 147 Å². The van der Waals surface area contributed by atoms with Crippen LogP contribution in [-0.2, 0) is 82.9 Å². The van der Waals surface area contributed by atoms with E-state index in [0.717, 1.165) is 0 Å². The summed E-state index contributed by atoms with van der Waals surface area (Å²) in [7, 11) is -4.62. The molecule has 1 unspecified atom stereocenters. The van der Waals surface area contributed by atoms with Crippen molar-refractivity contribution < 1.29 is 90.6 Å². The van der Waals surface area contributed by atoms with E-state index >= 15 is 9.36 Å². The molecule has 5 rings (SSSR count). The van der Waals surface area contributed by atoms with Gasteiger partial charge in [0.25, 0.3) is 0 Å². The van der Waals surface area contributed by atoms with Gasteiger partial charge >= 0.3 is 13.6 Å². The highest BCUT2D eigenvalue weighted by molar-refractivity contribution is 7.98. The van der Waals surface area contributed by atoms with Crippen molar-refractivity contribution in [2.75, 3.05) is 25.1 Å². The summed E-state index contributed by atoms with van der Waals surface area (Å²) in [5, 5.41) is 46.6. The summed E-state index contributed by atoms with van der Waals surface area (Å²) in [6, 6.07) is 13.0. The normalized spacial score (nSPS) is 14.5. The Bertz CT molecular complexity index is 4370. The number of carboxylic acids is 1. The molecular weight excluding hydrogens is 1590 g/mol. The molecule has 0 radical (unpaired) electrons. The van der Waals surface area contributed by atoms with Crippen molar-refractivity contribution in [1.29, 1.82) is 5.41 Å². The van der Waals surface area contributed by atoms with Crippen LogP contribution in [0.25, 0.3) is 10.9 Å². The maximum absolute atomic E-state index is 15.3. The van der Waals surface area contributed by atoms with Crippen LogP contribution in [0.15, 0.2) is 115 Å². The zero-order chi connectivity index (χ0) is 88.9. The molecule has 13 atom stereocenters. The molecule has 0 fully saturated rings. The quantitative estimate of drug-likeness (QED) is 0.0111. The number of aromatic amines is 1. The third-order valence-electron chi connectivity index (χ3n) is 19.6. The average molecular weight is 1710 g/mol. The van der Waals surface area contributed by atoms with E-state index < -0.39 is 219 Å². The van der Waals surface area contributed by atoms with E-state index in [2.05, 4.69) is 63.5 Å². The molecule has 0 spiro atoms. The van der Waals surface area contributed by atoms with Gasteiger partial charge in [0.15, 0.2) is 5.78 Å². The molecular formula is C80H114N19O19PS. The van der Waals surface area contributed by atoms with Gasteiger partial charge in [0, 0.05) is 48.3 Å². The van der Waals surface area contributed by atoms with Crippen LogP contribution in [0.2, 0.25) is 0 Å². The lowest BCUT2D eigenvalue weighted by Crippen LogP contribution is -2.62. The average Bonchev–Trinajstić information content (AvgIpc) is 1.22. The van der Waals surface area contributed by atoms with Crippen molar-refractivity contribution in [2.24, 2.45) is 52.2 Å². The number of carbonyl (C=O) groups is 15. The number of nitrogens with two attached hydrogens (primary N) is 6. The topological polar surface area (TPSA) is 640 Å². The lowest BCUT2D eigenvalue weighted by atomic mass is 9.94. The third-order valence-corrected chi connectivity index (χ3v) is 22.2. The summed E-state index contributed by atoms with van der Waals surface area (Å²) < 4.78 is 27.4. The van der Waals surface area contributed by atoms with Gasteiger partial charge in [-0.25, -0.2) is 4.57 Å². The number of nitrogen functional groups attached to an aromatic ring is 1. The van der Waals surface area contributed by atoms with Gasteiger partial charge in [0.2, 0.25) is 82.7 Å². The number of aliphatic carboxylic acids is 1. The number of carbonyl (C=O) groups excluding carboxylic acids is 14. The summed E-state index contributed by atoms with van der Waals surface area (Å²) in [5.41, 5.74) is 35.6. The predicted molar refractivity (Wildman–Crippen MR) is 448 cm³/mol. The summed E-state index contributed by atoms with van der Waals surface area (Å²) in [6.45, 7) is 9.23.